The van der Waals surface area contributed by atoms with Crippen LogP contribution in [0, 0.1) is 11.7 Å². The summed E-state index contributed by atoms with van der Waals surface area (Å²) in [5.41, 5.74) is 0.979. The van der Waals surface area contributed by atoms with E-state index in [2.05, 4.69) is 5.32 Å². The van der Waals surface area contributed by atoms with Gasteiger partial charge in [0.1, 0.15) is 5.82 Å². The molecule has 0 bridgehead atoms. The first-order chi connectivity index (χ1) is 10.2. The van der Waals surface area contributed by atoms with Crippen LogP contribution in [0.5, 0.6) is 0 Å². The third-order valence-corrected chi connectivity index (χ3v) is 4.98. The average Bonchev–Trinajstić information content (AvgIpc) is 2.45. The summed E-state index contributed by atoms with van der Waals surface area (Å²) in [7, 11) is 0. The Morgan fingerprint density at radius 2 is 1.90 bits per heavy atom. The maximum absolute atomic E-state index is 13.2. The van der Waals surface area contributed by atoms with Gasteiger partial charge in [0.05, 0.1) is 0 Å². The SMILES string of the molecule is O=C(NCC1(c2ccc(F)cc2)CCOCC1)C1CCC1. The third-order valence-electron chi connectivity index (χ3n) is 4.98. The molecule has 1 saturated carbocycles. The quantitative estimate of drug-likeness (QED) is 0.926. The van der Waals surface area contributed by atoms with E-state index in [-0.39, 0.29) is 23.1 Å². The molecule has 1 heterocycles. The molecule has 0 atom stereocenters. The van der Waals surface area contributed by atoms with Crippen LogP contribution in [0.15, 0.2) is 24.3 Å². The number of hydrogen-bond donors (Lipinski definition) is 1. The highest BCUT2D eigenvalue weighted by Crippen LogP contribution is 2.35. The number of halogens is 1. The van der Waals surface area contributed by atoms with Gasteiger partial charge < -0.3 is 10.1 Å². The van der Waals surface area contributed by atoms with Crippen molar-refractivity contribution in [2.45, 2.75) is 37.5 Å². The van der Waals surface area contributed by atoms with Gasteiger partial charge in [0, 0.05) is 31.1 Å². The molecular formula is C17H22FNO2. The molecule has 1 N–H and O–H groups in total. The lowest BCUT2D eigenvalue weighted by Crippen LogP contribution is -2.46. The first kappa shape index (κ1) is 14.5. The van der Waals surface area contributed by atoms with Gasteiger partial charge in [-0.2, -0.15) is 0 Å². The summed E-state index contributed by atoms with van der Waals surface area (Å²) in [6, 6.07) is 6.69. The number of hydrogen-bond acceptors (Lipinski definition) is 2. The molecule has 1 aliphatic heterocycles. The fourth-order valence-corrected chi connectivity index (χ4v) is 3.20. The van der Waals surface area contributed by atoms with Crippen molar-refractivity contribution in [3.63, 3.8) is 0 Å². The van der Waals surface area contributed by atoms with Gasteiger partial charge >= 0.3 is 0 Å². The van der Waals surface area contributed by atoms with Crippen LogP contribution in [-0.2, 0) is 14.9 Å². The number of carbonyl (C=O) groups is 1. The van der Waals surface area contributed by atoms with Gasteiger partial charge in [-0.1, -0.05) is 18.6 Å². The standard InChI is InChI=1S/C17H22FNO2/c18-15-6-4-14(5-7-15)17(8-10-21-11-9-17)12-19-16(20)13-2-1-3-13/h4-7,13H,1-3,8-12H2,(H,19,20). The van der Waals surface area contributed by atoms with Gasteiger partial charge in [0.2, 0.25) is 5.91 Å². The van der Waals surface area contributed by atoms with Crippen LogP contribution in [0.4, 0.5) is 4.39 Å². The largest absolute Gasteiger partial charge is 0.381 e. The van der Waals surface area contributed by atoms with E-state index in [0.29, 0.717) is 19.8 Å². The molecule has 1 saturated heterocycles. The normalized spacial score (nSPS) is 21.6. The minimum absolute atomic E-state index is 0.120. The Morgan fingerprint density at radius 3 is 2.48 bits per heavy atom. The van der Waals surface area contributed by atoms with Crippen LogP contribution in [0.25, 0.3) is 0 Å². The van der Waals surface area contributed by atoms with E-state index < -0.39 is 0 Å². The zero-order valence-electron chi connectivity index (χ0n) is 12.2. The molecule has 0 unspecified atom stereocenters. The van der Waals surface area contributed by atoms with Crippen LogP contribution in [0.1, 0.15) is 37.7 Å². The third kappa shape index (κ3) is 3.10. The fourth-order valence-electron chi connectivity index (χ4n) is 3.20. The molecule has 0 spiro atoms. The predicted octanol–water partition coefficient (Wildman–Crippen LogP) is 2.79. The molecule has 3 rings (SSSR count). The molecule has 1 amide bonds. The van der Waals surface area contributed by atoms with E-state index in [1.54, 1.807) is 0 Å². The molecule has 2 aliphatic rings. The van der Waals surface area contributed by atoms with E-state index in [9.17, 15) is 9.18 Å². The van der Waals surface area contributed by atoms with Crippen LogP contribution < -0.4 is 5.32 Å². The smallest absolute Gasteiger partial charge is 0.223 e. The molecule has 0 aromatic heterocycles. The van der Waals surface area contributed by atoms with E-state index in [4.69, 9.17) is 4.74 Å². The summed E-state index contributed by atoms with van der Waals surface area (Å²) in [5, 5.41) is 3.12. The molecular weight excluding hydrogens is 269 g/mol. The van der Waals surface area contributed by atoms with Crippen molar-refractivity contribution in [1.29, 1.82) is 0 Å². The maximum Gasteiger partial charge on any atom is 0.223 e. The second kappa shape index (κ2) is 6.14. The molecule has 114 valence electrons. The average molecular weight is 291 g/mol. The molecule has 1 aromatic carbocycles. The molecule has 0 radical (unpaired) electrons. The second-order valence-electron chi connectivity index (χ2n) is 6.25. The van der Waals surface area contributed by atoms with E-state index >= 15 is 0 Å². The van der Waals surface area contributed by atoms with Crippen molar-refractivity contribution in [3.05, 3.63) is 35.6 Å². The summed E-state index contributed by atoms with van der Waals surface area (Å²) < 4.78 is 18.6. The first-order valence-electron chi connectivity index (χ1n) is 7.81. The van der Waals surface area contributed by atoms with Gasteiger partial charge in [-0.05, 0) is 43.4 Å². The lowest BCUT2D eigenvalue weighted by molar-refractivity contribution is -0.127. The highest BCUT2D eigenvalue weighted by Gasteiger charge is 2.36. The number of nitrogens with one attached hydrogen (secondary N) is 1. The van der Waals surface area contributed by atoms with Gasteiger partial charge in [0.25, 0.3) is 0 Å². The van der Waals surface area contributed by atoms with Crippen molar-refractivity contribution in [1.82, 2.24) is 5.32 Å². The Bertz CT molecular complexity index is 490. The monoisotopic (exact) mass is 291 g/mol. The highest BCUT2D eigenvalue weighted by molar-refractivity contribution is 5.79. The number of carbonyl (C=O) groups excluding carboxylic acids is 1. The molecule has 4 heteroatoms. The summed E-state index contributed by atoms with van der Waals surface area (Å²) in [4.78, 5) is 12.1. The van der Waals surface area contributed by atoms with Crippen LogP contribution >= 0.6 is 0 Å². The molecule has 2 fully saturated rings. The van der Waals surface area contributed by atoms with E-state index in [1.807, 2.05) is 12.1 Å². The zero-order valence-corrected chi connectivity index (χ0v) is 12.2. The summed E-state index contributed by atoms with van der Waals surface area (Å²) in [6.45, 7) is 2.00. The van der Waals surface area contributed by atoms with Gasteiger partial charge in [-0.3, -0.25) is 4.79 Å². The van der Waals surface area contributed by atoms with E-state index in [1.165, 1.54) is 12.1 Å². The van der Waals surface area contributed by atoms with E-state index in [0.717, 1.165) is 37.7 Å². The maximum atomic E-state index is 13.2. The topological polar surface area (TPSA) is 38.3 Å². The molecule has 1 aliphatic carbocycles. The van der Waals surface area contributed by atoms with Crippen molar-refractivity contribution >= 4 is 5.91 Å². The predicted molar refractivity (Wildman–Crippen MR) is 78.5 cm³/mol. The fraction of sp³-hybridized carbons (Fsp3) is 0.588. The second-order valence-corrected chi connectivity index (χ2v) is 6.25. The summed E-state index contributed by atoms with van der Waals surface area (Å²) in [5.74, 6) is 0.156. The van der Waals surface area contributed by atoms with Crippen molar-refractivity contribution in [2.24, 2.45) is 5.92 Å². The summed E-state index contributed by atoms with van der Waals surface area (Å²) in [6.07, 6.45) is 4.92. The number of benzene rings is 1. The van der Waals surface area contributed by atoms with Gasteiger partial charge in [-0.25, -0.2) is 4.39 Å². The zero-order chi connectivity index (χ0) is 14.7. The Labute approximate surface area is 124 Å². The first-order valence-corrected chi connectivity index (χ1v) is 7.81. The lowest BCUT2D eigenvalue weighted by atomic mass is 9.74. The molecule has 3 nitrogen and oxygen atoms in total. The summed E-state index contributed by atoms with van der Waals surface area (Å²) >= 11 is 0. The minimum Gasteiger partial charge on any atom is -0.381 e. The van der Waals surface area contributed by atoms with Gasteiger partial charge in [-0.15, -0.1) is 0 Å². The van der Waals surface area contributed by atoms with Gasteiger partial charge in [0.15, 0.2) is 0 Å². The van der Waals surface area contributed by atoms with Crippen LogP contribution in [-0.4, -0.2) is 25.7 Å². The van der Waals surface area contributed by atoms with Crippen LogP contribution in [0.2, 0.25) is 0 Å². The Kier molecular flexibility index (Phi) is 4.24. The minimum atomic E-state index is -0.223. The Hall–Kier alpha value is -1.42. The van der Waals surface area contributed by atoms with Crippen molar-refractivity contribution in [2.75, 3.05) is 19.8 Å². The lowest BCUT2D eigenvalue weighted by Gasteiger charge is -2.38. The molecule has 21 heavy (non-hydrogen) atoms. The number of rotatable bonds is 4. The highest BCUT2D eigenvalue weighted by atomic mass is 19.1. The molecule has 1 aromatic rings. The Balaban J connectivity index is 1.73. The van der Waals surface area contributed by atoms with Crippen molar-refractivity contribution in [3.8, 4) is 0 Å². The van der Waals surface area contributed by atoms with Crippen molar-refractivity contribution < 1.29 is 13.9 Å². The number of ether oxygens (including phenoxy) is 1. The van der Waals surface area contributed by atoms with Crippen LogP contribution in [0.3, 0.4) is 0 Å². The number of amides is 1. The Morgan fingerprint density at radius 1 is 1.24 bits per heavy atom.